The van der Waals surface area contributed by atoms with E-state index in [1.165, 1.54) is 11.3 Å². The van der Waals surface area contributed by atoms with Crippen molar-refractivity contribution >= 4 is 16.5 Å². The normalized spacial score (nSPS) is 21.2. The summed E-state index contributed by atoms with van der Waals surface area (Å²) >= 11 is 1.45. The summed E-state index contributed by atoms with van der Waals surface area (Å²) in [6.07, 6.45) is 1.84. The average molecular weight is 165 g/mol. The molecule has 0 saturated carbocycles. The second-order valence-corrected chi connectivity index (χ2v) is 3.65. The molecule has 2 rings (SSSR count). The highest BCUT2D eigenvalue weighted by Crippen LogP contribution is 2.37. The largest absolute Gasteiger partial charge is 0.375 e. The van der Waals surface area contributed by atoms with Gasteiger partial charge in [0.05, 0.1) is 17.7 Å². The summed E-state index contributed by atoms with van der Waals surface area (Å²) in [6.45, 7) is 0. The molecular formula is C7H7N3S. The number of aromatic nitrogens is 1. The van der Waals surface area contributed by atoms with Crippen LogP contribution in [0.2, 0.25) is 0 Å². The van der Waals surface area contributed by atoms with Crippen molar-refractivity contribution in [2.45, 2.75) is 18.8 Å². The molecule has 1 aromatic rings. The summed E-state index contributed by atoms with van der Waals surface area (Å²) in [4.78, 5) is 5.22. The third-order valence-electron chi connectivity index (χ3n) is 1.89. The molecule has 0 unspecified atom stereocenters. The van der Waals surface area contributed by atoms with Crippen molar-refractivity contribution in [2.75, 3.05) is 5.73 Å². The van der Waals surface area contributed by atoms with Crippen LogP contribution in [0.15, 0.2) is 0 Å². The molecule has 0 fully saturated rings. The van der Waals surface area contributed by atoms with E-state index < -0.39 is 0 Å². The van der Waals surface area contributed by atoms with Gasteiger partial charge < -0.3 is 5.73 Å². The van der Waals surface area contributed by atoms with Crippen LogP contribution in [-0.2, 0) is 6.42 Å². The number of nitriles is 1. The van der Waals surface area contributed by atoms with E-state index in [2.05, 4.69) is 11.1 Å². The molecule has 0 radical (unpaired) electrons. The Morgan fingerprint density at radius 2 is 2.55 bits per heavy atom. The number of thiazole rings is 1. The number of rotatable bonds is 0. The van der Waals surface area contributed by atoms with Crippen molar-refractivity contribution in [3.8, 4) is 6.07 Å². The maximum atomic E-state index is 8.71. The molecule has 4 heteroatoms. The van der Waals surface area contributed by atoms with Crippen LogP contribution in [-0.4, -0.2) is 4.98 Å². The van der Waals surface area contributed by atoms with Crippen LogP contribution in [0, 0.1) is 11.3 Å². The smallest absolute Gasteiger partial charge is 0.180 e. The average Bonchev–Trinajstić information content (AvgIpc) is 2.45. The fourth-order valence-electron chi connectivity index (χ4n) is 1.37. The zero-order chi connectivity index (χ0) is 7.84. The van der Waals surface area contributed by atoms with Crippen LogP contribution in [0.4, 0.5) is 5.13 Å². The molecular weight excluding hydrogens is 158 g/mol. The van der Waals surface area contributed by atoms with Crippen LogP contribution < -0.4 is 5.73 Å². The number of hydrogen-bond donors (Lipinski definition) is 1. The maximum absolute atomic E-state index is 8.71. The number of hydrogen-bond acceptors (Lipinski definition) is 4. The molecule has 1 atom stereocenters. The zero-order valence-corrected chi connectivity index (χ0v) is 6.69. The number of nitrogen functional groups attached to an aromatic ring is 1. The van der Waals surface area contributed by atoms with Gasteiger partial charge in [0, 0.05) is 4.88 Å². The van der Waals surface area contributed by atoms with E-state index in [1.807, 2.05) is 0 Å². The van der Waals surface area contributed by atoms with Crippen LogP contribution >= 0.6 is 11.3 Å². The summed E-state index contributed by atoms with van der Waals surface area (Å²) in [5.74, 6) is 0.0554. The molecule has 1 aliphatic rings. The molecule has 3 nitrogen and oxygen atoms in total. The second kappa shape index (κ2) is 2.21. The lowest BCUT2D eigenvalue weighted by atomic mass is 10.1. The lowest BCUT2D eigenvalue weighted by molar-refractivity contribution is 0.825. The monoisotopic (exact) mass is 165 g/mol. The number of nitrogens with two attached hydrogens (primary N) is 1. The van der Waals surface area contributed by atoms with Crippen LogP contribution in [0.3, 0.4) is 0 Å². The SMILES string of the molecule is N#C[C@@H]1CCc2nc(N)sc21. The Bertz CT molecular complexity index is 323. The van der Waals surface area contributed by atoms with Gasteiger partial charge in [0.15, 0.2) is 5.13 Å². The number of fused-ring (bicyclic) bond motifs is 1. The molecule has 56 valence electrons. The molecule has 0 amide bonds. The van der Waals surface area contributed by atoms with Crippen LogP contribution in [0.25, 0.3) is 0 Å². The molecule has 2 N–H and O–H groups in total. The van der Waals surface area contributed by atoms with Gasteiger partial charge in [-0.05, 0) is 12.8 Å². The number of anilines is 1. The van der Waals surface area contributed by atoms with E-state index >= 15 is 0 Å². The van der Waals surface area contributed by atoms with E-state index in [4.69, 9.17) is 11.0 Å². The van der Waals surface area contributed by atoms with Gasteiger partial charge in [-0.3, -0.25) is 0 Å². The van der Waals surface area contributed by atoms with Gasteiger partial charge in [-0.15, -0.1) is 11.3 Å². The fraction of sp³-hybridized carbons (Fsp3) is 0.429. The molecule has 1 aromatic heterocycles. The standard InChI is InChI=1S/C7H7N3S/c8-3-4-1-2-5-6(4)11-7(9)10-5/h4H,1-2H2,(H2,9,10)/t4-/m0/s1. The Morgan fingerprint density at radius 3 is 3.27 bits per heavy atom. The van der Waals surface area contributed by atoms with Crippen molar-refractivity contribution in [1.29, 1.82) is 5.26 Å². The Morgan fingerprint density at radius 1 is 1.73 bits per heavy atom. The zero-order valence-electron chi connectivity index (χ0n) is 5.87. The first-order valence-corrected chi connectivity index (χ1v) is 4.27. The minimum Gasteiger partial charge on any atom is -0.375 e. The van der Waals surface area contributed by atoms with E-state index in [1.54, 1.807) is 0 Å². The highest BCUT2D eigenvalue weighted by atomic mass is 32.1. The van der Waals surface area contributed by atoms with E-state index in [-0.39, 0.29) is 5.92 Å². The maximum Gasteiger partial charge on any atom is 0.180 e. The highest BCUT2D eigenvalue weighted by Gasteiger charge is 2.25. The molecule has 1 heterocycles. The lowest BCUT2D eigenvalue weighted by Crippen LogP contribution is -1.85. The second-order valence-electron chi connectivity index (χ2n) is 2.58. The molecule has 0 saturated heterocycles. The van der Waals surface area contributed by atoms with Gasteiger partial charge in [0.25, 0.3) is 0 Å². The van der Waals surface area contributed by atoms with Crippen molar-refractivity contribution in [3.05, 3.63) is 10.6 Å². The van der Waals surface area contributed by atoms with Gasteiger partial charge in [-0.1, -0.05) is 0 Å². The molecule has 1 aliphatic carbocycles. The van der Waals surface area contributed by atoms with E-state index in [0.717, 1.165) is 23.4 Å². The first kappa shape index (κ1) is 6.62. The summed E-state index contributed by atoms with van der Waals surface area (Å²) in [5, 5.41) is 9.30. The fourth-order valence-corrected chi connectivity index (χ4v) is 2.33. The molecule has 11 heavy (non-hydrogen) atoms. The van der Waals surface area contributed by atoms with Gasteiger partial charge in [-0.25, -0.2) is 4.98 Å². The topological polar surface area (TPSA) is 62.7 Å². The number of aryl methyl sites for hydroxylation is 1. The van der Waals surface area contributed by atoms with Crippen molar-refractivity contribution in [1.82, 2.24) is 4.98 Å². The minimum atomic E-state index is 0.0554. The van der Waals surface area contributed by atoms with Gasteiger partial charge in [-0.2, -0.15) is 5.26 Å². The molecule has 0 spiro atoms. The summed E-state index contributed by atoms with van der Waals surface area (Å²) in [5.41, 5.74) is 6.54. The van der Waals surface area contributed by atoms with Crippen molar-refractivity contribution in [3.63, 3.8) is 0 Å². The predicted molar refractivity (Wildman–Crippen MR) is 43.2 cm³/mol. The van der Waals surface area contributed by atoms with E-state index in [0.29, 0.717) is 5.13 Å². The van der Waals surface area contributed by atoms with Crippen LogP contribution in [0.1, 0.15) is 22.9 Å². The Labute approximate surface area is 68.5 Å². The minimum absolute atomic E-state index is 0.0554. The van der Waals surface area contributed by atoms with Crippen LogP contribution in [0.5, 0.6) is 0 Å². The molecule has 0 aromatic carbocycles. The Balaban J connectivity index is 2.47. The first-order valence-electron chi connectivity index (χ1n) is 3.46. The van der Waals surface area contributed by atoms with Crippen molar-refractivity contribution in [2.24, 2.45) is 0 Å². The third-order valence-corrected chi connectivity index (χ3v) is 2.93. The first-order chi connectivity index (χ1) is 5.31. The summed E-state index contributed by atoms with van der Waals surface area (Å²) < 4.78 is 0. The molecule has 0 aliphatic heterocycles. The lowest BCUT2D eigenvalue weighted by Gasteiger charge is -1.92. The summed E-state index contributed by atoms with van der Waals surface area (Å²) in [7, 11) is 0. The number of nitrogens with zero attached hydrogens (tertiary/aromatic N) is 2. The highest BCUT2D eigenvalue weighted by molar-refractivity contribution is 7.15. The molecule has 0 bridgehead atoms. The predicted octanol–water partition coefficient (Wildman–Crippen LogP) is 1.28. The van der Waals surface area contributed by atoms with Gasteiger partial charge in [0.2, 0.25) is 0 Å². The van der Waals surface area contributed by atoms with Gasteiger partial charge >= 0.3 is 0 Å². The third kappa shape index (κ3) is 0.889. The Hall–Kier alpha value is -1.08. The quantitative estimate of drug-likeness (QED) is 0.629. The summed E-state index contributed by atoms with van der Waals surface area (Å²) in [6, 6.07) is 2.25. The Kier molecular flexibility index (Phi) is 1.33. The van der Waals surface area contributed by atoms with Crippen molar-refractivity contribution < 1.29 is 0 Å². The van der Waals surface area contributed by atoms with Gasteiger partial charge in [0.1, 0.15) is 0 Å². The van der Waals surface area contributed by atoms with E-state index in [9.17, 15) is 0 Å².